The maximum absolute atomic E-state index is 5.96. The summed E-state index contributed by atoms with van der Waals surface area (Å²) in [6, 6.07) is 3.35. The number of rotatable bonds is 4. The Labute approximate surface area is 110 Å². The minimum absolute atomic E-state index is 0.206. The summed E-state index contributed by atoms with van der Waals surface area (Å²) in [6.45, 7) is 2.76. The number of pyridine rings is 1. The highest BCUT2D eigenvalue weighted by Gasteiger charge is 2.19. The summed E-state index contributed by atoms with van der Waals surface area (Å²) in [7, 11) is 0. The van der Waals surface area contributed by atoms with Gasteiger partial charge in [0, 0.05) is 24.2 Å². The molecule has 0 aliphatic rings. The maximum Gasteiger partial charge on any atom is 0.149 e. The molecule has 0 spiro atoms. The summed E-state index contributed by atoms with van der Waals surface area (Å²) in [5, 5.41) is 3.82. The lowest BCUT2D eigenvalue weighted by Gasteiger charge is -2.18. The molecule has 0 aliphatic carbocycles. The van der Waals surface area contributed by atoms with Gasteiger partial charge in [-0.05, 0) is 18.7 Å². The van der Waals surface area contributed by atoms with Gasteiger partial charge in [-0.2, -0.15) is 0 Å². The predicted octanol–water partition coefficient (Wildman–Crippen LogP) is 1.81. The van der Waals surface area contributed by atoms with Crippen LogP contribution in [0.15, 0.2) is 30.7 Å². The molecule has 0 bridgehead atoms. The molecule has 5 nitrogen and oxygen atoms in total. The highest BCUT2D eigenvalue weighted by molar-refractivity contribution is 6.30. The SMILES string of the molecule is CCNC(c1ncccn1)c1cc(Cl)cnc1N. The Morgan fingerprint density at radius 3 is 2.72 bits per heavy atom. The third kappa shape index (κ3) is 2.75. The largest absolute Gasteiger partial charge is 0.383 e. The first-order chi connectivity index (χ1) is 8.72. The van der Waals surface area contributed by atoms with Crippen molar-refractivity contribution >= 4 is 17.4 Å². The number of nitrogens with two attached hydrogens (primary N) is 1. The summed E-state index contributed by atoms with van der Waals surface area (Å²) >= 11 is 5.96. The number of hydrogen-bond acceptors (Lipinski definition) is 5. The van der Waals surface area contributed by atoms with Crippen molar-refractivity contribution in [2.45, 2.75) is 13.0 Å². The Bertz CT molecular complexity index is 517. The molecule has 2 aromatic heterocycles. The number of aromatic nitrogens is 3. The van der Waals surface area contributed by atoms with E-state index in [-0.39, 0.29) is 6.04 Å². The lowest BCUT2D eigenvalue weighted by molar-refractivity contribution is 0.597. The molecule has 94 valence electrons. The molecular weight excluding hydrogens is 250 g/mol. The summed E-state index contributed by atoms with van der Waals surface area (Å²) < 4.78 is 0. The van der Waals surface area contributed by atoms with E-state index in [0.29, 0.717) is 16.7 Å². The van der Waals surface area contributed by atoms with Gasteiger partial charge in [-0.3, -0.25) is 0 Å². The fraction of sp³-hybridized carbons (Fsp3) is 0.250. The van der Waals surface area contributed by atoms with Crippen molar-refractivity contribution in [1.29, 1.82) is 0 Å². The zero-order valence-electron chi connectivity index (χ0n) is 9.97. The molecule has 0 amide bonds. The molecule has 0 fully saturated rings. The van der Waals surface area contributed by atoms with Crippen LogP contribution in [-0.4, -0.2) is 21.5 Å². The van der Waals surface area contributed by atoms with Gasteiger partial charge in [-0.15, -0.1) is 0 Å². The Balaban J connectivity index is 2.44. The second-order valence-electron chi connectivity index (χ2n) is 3.73. The first kappa shape index (κ1) is 12.7. The first-order valence-corrected chi connectivity index (χ1v) is 6.01. The van der Waals surface area contributed by atoms with E-state index >= 15 is 0 Å². The molecule has 1 unspecified atom stereocenters. The molecule has 2 aromatic rings. The van der Waals surface area contributed by atoms with Gasteiger partial charge in [-0.25, -0.2) is 15.0 Å². The average Bonchev–Trinajstić information content (AvgIpc) is 2.40. The molecule has 2 rings (SSSR count). The molecule has 0 saturated heterocycles. The molecule has 6 heteroatoms. The third-order valence-corrected chi connectivity index (χ3v) is 2.69. The Kier molecular flexibility index (Phi) is 4.07. The number of nitrogens with one attached hydrogen (secondary N) is 1. The minimum Gasteiger partial charge on any atom is -0.383 e. The van der Waals surface area contributed by atoms with E-state index in [1.54, 1.807) is 24.5 Å². The van der Waals surface area contributed by atoms with Crippen LogP contribution in [0.3, 0.4) is 0 Å². The minimum atomic E-state index is -0.206. The maximum atomic E-state index is 5.96. The van der Waals surface area contributed by atoms with Gasteiger partial charge in [0.05, 0.1) is 11.1 Å². The van der Waals surface area contributed by atoms with Crippen LogP contribution >= 0.6 is 11.6 Å². The molecule has 3 N–H and O–H groups in total. The van der Waals surface area contributed by atoms with Gasteiger partial charge < -0.3 is 11.1 Å². The standard InChI is InChI=1S/C12H14ClN5/c1-2-15-10(12-16-4-3-5-17-12)9-6-8(13)7-18-11(9)14/h3-7,10,15H,2H2,1H3,(H2,14,18). The normalized spacial score (nSPS) is 12.3. The van der Waals surface area contributed by atoms with E-state index in [9.17, 15) is 0 Å². The van der Waals surface area contributed by atoms with Crippen LogP contribution in [-0.2, 0) is 0 Å². The number of nitrogens with zero attached hydrogens (tertiary/aromatic N) is 3. The Morgan fingerprint density at radius 1 is 1.33 bits per heavy atom. The van der Waals surface area contributed by atoms with Crippen LogP contribution < -0.4 is 11.1 Å². The second kappa shape index (κ2) is 5.75. The molecule has 18 heavy (non-hydrogen) atoms. The number of halogens is 1. The second-order valence-corrected chi connectivity index (χ2v) is 4.16. The van der Waals surface area contributed by atoms with E-state index in [2.05, 4.69) is 20.3 Å². The van der Waals surface area contributed by atoms with Gasteiger partial charge in [-0.1, -0.05) is 18.5 Å². The lowest BCUT2D eigenvalue weighted by Crippen LogP contribution is -2.25. The van der Waals surface area contributed by atoms with Crippen molar-refractivity contribution in [2.24, 2.45) is 0 Å². The number of hydrogen-bond donors (Lipinski definition) is 2. The smallest absolute Gasteiger partial charge is 0.149 e. The van der Waals surface area contributed by atoms with E-state index in [4.69, 9.17) is 17.3 Å². The van der Waals surface area contributed by atoms with Gasteiger partial charge >= 0.3 is 0 Å². The zero-order valence-corrected chi connectivity index (χ0v) is 10.7. The molecule has 1 atom stereocenters. The van der Waals surface area contributed by atoms with Crippen LogP contribution in [0.1, 0.15) is 24.4 Å². The Morgan fingerprint density at radius 2 is 2.06 bits per heavy atom. The van der Waals surface area contributed by atoms with Crippen LogP contribution in [0.2, 0.25) is 5.02 Å². The van der Waals surface area contributed by atoms with Crippen LogP contribution in [0.25, 0.3) is 0 Å². The van der Waals surface area contributed by atoms with Gasteiger partial charge in [0.25, 0.3) is 0 Å². The quantitative estimate of drug-likeness (QED) is 0.880. The van der Waals surface area contributed by atoms with Gasteiger partial charge in [0.1, 0.15) is 11.6 Å². The highest BCUT2D eigenvalue weighted by Crippen LogP contribution is 2.25. The van der Waals surface area contributed by atoms with Gasteiger partial charge in [0.2, 0.25) is 0 Å². The van der Waals surface area contributed by atoms with Crippen molar-refractivity contribution in [3.63, 3.8) is 0 Å². The fourth-order valence-electron chi connectivity index (χ4n) is 1.70. The Hall–Kier alpha value is -1.72. The zero-order chi connectivity index (χ0) is 13.0. The monoisotopic (exact) mass is 263 g/mol. The molecule has 0 aliphatic heterocycles. The highest BCUT2D eigenvalue weighted by atomic mass is 35.5. The molecule has 0 aromatic carbocycles. The van der Waals surface area contributed by atoms with Crippen molar-refractivity contribution in [1.82, 2.24) is 20.3 Å². The molecule has 0 radical (unpaired) electrons. The number of nitrogen functional groups attached to an aromatic ring is 1. The summed E-state index contributed by atoms with van der Waals surface area (Å²) in [5.41, 5.74) is 6.68. The molecular formula is C12H14ClN5. The average molecular weight is 264 g/mol. The summed E-state index contributed by atoms with van der Waals surface area (Å²) in [6.07, 6.45) is 4.91. The lowest BCUT2D eigenvalue weighted by atomic mass is 10.1. The first-order valence-electron chi connectivity index (χ1n) is 5.63. The predicted molar refractivity (Wildman–Crippen MR) is 71.2 cm³/mol. The van der Waals surface area contributed by atoms with Gasteiger partial charge in [0.15, 0.2) is 0 Å². The van der Waals surface area contributed by atoms with E-state index in [1.807, 2.05) is 6.92 Å². The summed E-state index contributed by atoms with van der Waals surface area (Å²) in [5.74, 6) is 1.08. The van der Waals surface area contributed by atoms with E-state index < -0.39 is 0 Å². The van der Waals surface area contributed by atoms with Crippen LogP contribution in [0, 0.1) is 0 Å². The molecule has 2 heterocycles. The third-order valence-electron chi connectivity index (χ3n) is 2.48. The molecule has 0 saturated carbocycles. The van der Waals surface area contributed by atoms with Crippen LogP contribution in [0.4, 0.5) is 5.82 Å². The summed E-state index contributed by atoms with van der Waals surface area (Å²) in [4.78, 5) is 12.5. The van der Waals surface area contributed by atoms with E-state index in [0.717, 1.165) is 12.1 Å². The fourth-order valence-corrected chi connectivity index (χ4v) is 1.87. The van der Waals surface area contributed by atoms with Crippen molar-refractivity contribution < 1.29 is 0 Å². The van der Waals surface area contributed by atoms with Crippen molar-refractivity contribution in [2.75, 3.05) is 12.3 Å². The topological polar surface area (TPSA) is 76.7 Å². The van der Waals surface area contributed by atoms with Crippen LogP contribution in [0.5, 0.6) is 0 Å². The number of anilines is 1. The van der Waals surface area contributed by atoms with Crippen molar-refractivity contribution in [3.8, 4) is 0 Å². The van der Waals surface area contributed by atoms with E-state index in [1.165, 1.54) is 6.20 Å². The van der Waals surface area contributed by atoms with Crippen molar-refractivity contribution in [3.05, 3.63) is 47.1 Å².